The molecule has 57 heavy (non-hydrogen) atoms. The van der Waals surface area contributed by atoms with Crippen LogP contribution in [0.5, 0.6) is 0 Å². The normalized spacial score (nSPS) is 11.5. The summed E-state index contributed by atoms with van der Waals surface area (Å²) in [6.07, 6.45) is 2.02. The van der Waals surface area contributed by atoms with Crippen molar-refractivity contribution in [1.29, 1.82) is 0 Å². The summed E-state index contributed by atoms with van der Waals surface area (Å²) in [6, 6.07) is 51.5. The van der Waals surface area contributed by atoms with E-state index >= 15 is 4.39 Å². The number of benzene rings is 6. The number of pyridine rings is 2. The van der Waals surface area contributed by atoms with Gasteiger partial charge in [0, 0.05) is 42.9 Å². The number of fused-ring (bicyclic) bond motifs is 5. The maximum absolute atomic E-state index is 15.4. The molecular formula is C48H34F2IrN4OSi-2. The van der Waals surface area contributed by atoms with E-state index in [1.807, 2.05) is 89.6 Å². The van der Waals surface area contributed by atoms with Crippen molar-refractivity contribution in [2.75, 3.05) is 0 Å². The Bertz CT molecular complexity index is 3050. The Hall–Kier alpha value is -6.12. The average Bonchev–Trinajstić information content (AvgIpc) is 3.81. The summed E-state index contributed by atoms with van der Waals surface area (Å²) < 4.78 is 38.0. The molecule has 0 unspecified atom stereocenters. The van der Waals surface area contributed by atoms with Crippen molar-refractivity contribution < 1.29 is 33.3 Å². The molecule has 0 spiro atoms. The molecule has 1 radical (unpaired) electrons. The van der Waals surface area contributed by atoms with Crippen LogP contribution in [0.15, 0.2) is 156 Å². The standard InChI is InChI=1S/C34H18F2N3O.C14H16NSi.Ir/c35-27-12-4-3-9-25(27)29-18-17-24-23-10-5-11-26(32(23)40-34(24)38-29)33-37-30-14-6-13-28(36)31(30)39(33)22-16-15-20-7-1-2-8-21(20)19-22;1-16(2,3)13-9-10-14(15-11-13)12-7-5-4-6-8-12;/h1-10,12-19H;4-7,9-11H,1-3H3;/q2*-1;. The topological polar surface area (TPSA) is 56.7 Å². The van der Waals surface area contributed by atoms with Gasteiger partial charge in [-0.3, -0.25) is 4.98 Å². The van der Waals surface area contributed by atoms with Crippen LogP contribution in [0, 0.1) is 23.8 Å². The number of hydrogen-bond donors (Lipinski definition) is 0. The minimum Gasteiger partial charge on any atom is -0.486 e. The van der Waals surface area contributed by atoms with E-state index in [4.69, 9.17) is 9.40 Å². The van der Waals surface area contributed by atoms with Gasteiger partial charge in [-0.15, -0.1) is 54.1 Å². The molecular weight excluding hydrogens is 907 g/mol. The van der Waals surface area contributed by atoms with Crippen LogP contribution < -0.4 is 5.19 Å². The Kier molecular flexibility index (Phi) is 10.2. The molecule has 0 saturated heterocycles. The van der Waals surface area contributed by atoms with Crippen molar-refractivity contribution in [1.82, 2.24) is 19.5 Å². The maximum atomic E-state index is 15.4. The zero-order valence-electron chi connectivity index (χ0n) is 31.2. The van der Waals surface area contributed by atoms with E-state index < -0.39 is 8.07 Å². The molecule has 4 aromatic heterocycles. The van der Waals surface area contributed by atoms with Crippen LogP contribution in [-0.4, -0.2) is 27.6 Å². The number of aromatic nitrogens is 4. The zero-order chi connectivity index (χ0) is 38.4. The van der Waals surface area contributed by atoms with Gasteiger partial charge in [0.2, 0.25) is 5.71 Å². The van der Waals surface area contributed by atoms with Crippen LogP contribution in [0.4, 0.5) is 8.78 Å². The molecule has 0 aliphatic carbocycles. The van der Waals surface area contributed by atoms with E-state index in [-0.39, 0.29) is 31.7 Å². The summed E-state index contributed by atoms with van der Waals surface area (Å²) in [5, 5.41) is 5.10. The van der Waals surface area contributed by atoms with Crippen LogP contribution in [0.2, 0.25) is 19.6 Å². The van der Waals surface area contributed by atoms with E-state index in [2.05, 4.69) is 53.9 Å². The Morgan fingerprint density at radius 2 is 1.42 bits per heavy atom. The SMILES string of the molecule is C[Si](C)(C)c1ccc(-c2[c-]cccc2)nc1.Fc1ccccc1-c1ccc2c(n1)oc1c(-c3nc4cccc(F)c4n3-c3ccc4ccccc4c3)[c-]ccc12.[Ir]. The average molecular weight is 941 g/mol. The van der Waals surface area contributed by atoms with Gasteiger partial charge in [0.05, 0.1) is 36.2 Å². The summed E-state index contributed by atoms with van der Waals surface area (Å²) in [5.41, 5.74) is 6.05. The second kappa shape index (κ2) is 15.4. The van der Waals surface area contributed by atoms with Crippen LogP contribution in [-0.2, 0) is 20.1 Å². The first-order valence-corrected chi connectivity index (χ1v) is 21.8. The Morgan fingerprint density at radius 1 is 0.649 bits per heavy atom. The van der Waals surface area contributed by atoms with Crippen LogP contribution >= 0.6 is 0 Å². The molecule has 0 atom stereocenters. The molecule has 281 valence electrons. The quantitative estimate of drug-likeness (QED) is 0.127. The van der Waals surface area contributed by atoms with Crippen molar-refractivity contribution in [3.05, 3.63) is 176 Å². The molecule has 9 heteroatoms. The molecule has 0 aliphatic rings. The molecule has 5 nitrogen and oxygen atoms in total. The fourth-order valence-electron chi connectivity index (χ4n) is 6.98. The number of rotatable bonds is 5. The van der Waals surface area contributed by atoms with E-state index in [1.165, 1.54) is 17.3 Å². The van der Waals surface area contributed by atoms with E-state index in [0.29, 0.717) is 45.0 Å². The fourth-order valence-corrected chi connectivity index (χ4v) is 8.01. The monoisotopic (exact) mass is 941 g/mol. The van der Waals surface area contributed by atoms with Gasteiger partial charge >= 0.3 is 0 Å². The largest absolute Gasteiger partial charge is 0.486 e. The van der Waals surface area contributed by atoms with E-state index in [0.717, 1.165) is 38.5 Å². The number of furan rings is 1. The number of hydrogen-bond acceptors (Lipinski definition) is 4. The summed E-state index contributed by atoms with van der Waals surface area (Å²) in [5.74, 6) is -0.239. The molecule has 0 aliphatic heterocycles. The van der Waals surface area contributed by atoms with Crippen LogP contribution in [0.25, 0.3) is 83.5 Å². The van der Waals surface area contributed by atoms with Crippen LogP contribution in [0.3, 0.4) is 0 Å². The smallest absolute Gasteiger partial charge is 0.216 e. The number of nitrogens with zero attached hydrogens (tertiary/aromatic N) is 4. The predicted molar refractivity (Wildman–Crippen MR) is 225 cm³/mol. The summed E-state index contributed by atoms with van der Waals surface area (Å²) in [4.78, 5) is 14.0. The Labute approximate surface area is 343 Å². The first-order valence-electron chi connectivity index (χ1n) is 18.3. The van der Waals surface area contributed by atoms with Crippen molar-refractivity contribution in [3.63, 3.8) is 0 Å². The van der Waals surface area contributed by atoms with Gasteiger partial charge in [-0.1, -0.05) is 91.3 Å². The molecule has 6 aromatic carbocycles. The minimum absolute atomic E-state index is 0. The first-order chi connectivity index (χ1) is 27.2. The summed E-state index contributed by atoms with van der Waals surface area (Å²) >= 11 is 0. The molecule has 0 saturated carbocycles. The van der Waals surface area contributed by atoms with E-state index in [1.54, 1.807) is 42.5 Å². The Balaban J connectivity index is 0.000000226. The summed E-state index contributed by atoms with van der Waals surface area (Å²) in [6.45, 7) is 7.00. The van der Waals surface area contributed by atoms with Gasteiger partial charge in [0.1, 0.15) is 11.6 Å². The second-order valence-electron chi connectivity index (χ2n) is 14.6. The molecule has 0 N–H and O–H groups in total. The minimum atomic E-state index is -1.23. The third-order valence-corrected chi connectivity index (χ3v) is 11.9. The first kappa shape index (κ1) is 37.8. The molecule has 0 bridgehead atoms. The van der Waals surface area contributed by atoms with Crippen LogP contribution in [0.1, 0.15) is 0 Å². The molecule has 4 heterocycles. The fraction of sp³-hybridized carbons (Fsp3) is 0.0625. The number of imidazole rings is 1. The van der Waals surface area contributed by atoms with Gasteiger partial charge in [-0.25, -0.2) is 13.8 Å². The van der Waals surface area contributed by atoms with Crippen molar-refractivity contribution in [2.24, 2.45) is 0 Å². The predicted octanol–water partition coefficient (Wildman–Crippen LogP) is 12.0. The number of halogens is 2. The van der Waals surface area contributed by atoms with Crippen molar-refractivity contribution in [3.8, 4) is 39.6 Å². The molecule has 0 fully saturated rings. The van der Waals surface area contributed by atoms with Gasteiger partial charge in [0.25, 0.3) is 0 Å². The van der Waals surface area contributed by atoms with E-state index in [9.17, 15) is 4.39 Å². The molecule has 10 rings (SSSR count). The van der Waals surface area contributed by atoms with Gasteiger partial charge < -0.3 is 14.0 Å². The third kappa shape index (κ3) is 7.22. The van der Waals surface area contributed by atoms with Crippen molar-refractivity contribution >= 4 is 57.1 Å². The maximum Gasteiger partial charge on any atom is 0.216 e. The van der Waals surface area contributed by atoms with Gasteiger partial charge in [-0.2, -0.15) is 0 Å². The third-order valence-electron chi connectivity index (χ3n) is 9.90. The molecule has 10 aromatic rings. The Morgan fingerprint density at radius 3 is 2.19 bits per heavy atom. The zero-order valence-corrected chi connectivity index (χ0v) is 34.6. The second-order valence-corrected chi connectivity index (χ2v) is 19.7. The van der Waals surface area contributed by atoms with Gasteiger partial charge in [-0.05, 0) is 70.2 Å². The van der Waals surface area contributed by atoms with Gasteiger partial charge in [0.15, 0.2) is 0 Å². The summed E-state index contributed by atoms with van der Waals surface area (Å²) in [7, 11) is -1.23. The molecule has 0 amide bonds. The van der Waals surface area contributed by atoms with Crippen molar-refractivity contribution in [2.45, 2.75) is 19.6 Å². The number of para-hydroxylation sites is 1.